The summed E-state index contributed by atoms with van der Waals surface area (Å²) >= 11 is 0. The first-order chi connectivity index (χ1) is 58.2. The molecule has 120 heavy (non-hydrogen) atoms. The van der Waals surface area contributed by atoms with Gasteiger partial charge in [0.15, 0.2) is 0 Å². The molecule has 9 aliphatic rings. The zero-order chi connectivity index (χ0) is 84.3. The van der Waals surface area contributed by atoms with Crippen molar-refractivity contribution in [3.8, 4) is 41.3 Å². The molecule has 6 atom stereocenters. The van der Waals surface area contributed by atoms with Gasteiger partial charge in [-0.15, -0.1) is 0 Å². The molecule has 630 valence electrons. The van der Waals surface area contributed by atoms with Crippen molar-refractivity contribution in [2.24, 2.45) is 0 Å². The molecule has 3 aromatic heterocycles. The van der Waals surface area contributed by atoms with E-state index in [9.17, 15) is 43.7 Å². The Morgan fingerprint density at radius 1 is 0.500 bits per heavy atom. The van der Waals surface area contributed by atoms with E-state index in [1.165, 1.54) is 54.6 Å². The quantitative estimate of drug-likeness (QED) is 0.0378. The number of phenolic OH excluding ortho intramolecular Hbond substituents is 3. The van der Waals surface area contributed by atoms with Crippen molar-refractivity contribution in [1.29, 1.82) is 5.26 Å². The SMILES string of the molecule is C=CC(=O)N1CCN(c2nc(OC[C@@H]3CCCN3C)nc3c2CN(Cc2cc(O)ccc2F)C3)C[C@@H]1CC#N.[C-]#[N+]C[C@H]1CN(c2nc(OC[C@@H]3CCCN3C)nc3c2CN(Cc2c(O)cccc2F)C3)CCN1C(=O)C=C.[C-]#[N+]C[C@H]1CN(c2nc(OC[C@@H]3CCCN3C)nc3c2CN(Cc2cccc4cccc(O)c24)C3)CCN1C(=O)C=C. The van der Waals surface area contributed by atoms with Gasteiger partial charge in [-0.3, -0.25) is 29.1 Å². The number of amides is 3. The Balaban J connectivity index is 0.000000148. The maximum atomic E-state index is 14.5. The van der Waals surface area contributed by atoms with Crippen LogP contribution in [0.5, 0.6) is 35.3 Å². The summed E-state index contributed by atoms with van der Waals surface area (Å²) in [7, 11) is 6.31. The van der Waals surface area contributed by atoms with E-state index in [1.54, 1.807) is 20.8 Å². The van der Waals surface area contributed by atoms with Crippen molar-refractivity contribution < 1.29 is 52.7 Å². The summed E-state index contributed by atoms with van der Waals surface area (Å²) in [5.41, 5.74) is 7.16. The highest BCUT2D eigenvalue weighted by atomic mass is 19.1. The number of likely N-dealkylation sites (tertiary alicyclic amines) is 3. The monoisotopic (exact) mass is 1640 g/mol. The van der Waals surface area contributed by atoms with Crippen LogP contribution in [0, 0.1) is 36.1 Å². The molecule has 12 heterocycles. The predicted octanol–water partition coefficient (Wildman–Crippen LogP) is 8.31. The number of piperazine rings is 3. The number of rotatable bonds is 24. The Morgan fingerprint density at radius 2 is 0.908 bits per heavy atom. The van der Waals surface area contributed by atoms with Gasteiger partial charge in [0.1, 0.15) is 78.2 Å². The number of hydrogen-bond acceptors (Lipinski definition) is 25. The fraction of sp³-hybridized carbons (Fsp3) is 0.477. The van der Waals surface area contributed by atoms with Crippen LogP contribution in [0.1, 0.15) is 95.4 Å². The summed E-state index contributed by atoms with van der Waals surface area (Å²) < 4.78 is 47.4. The molecule has 3 N–H and O–H groups in total. The zero-order valence-electron chi connectivity index (χ0n) is 68.5. The van der Waals surface area contributed by atoms with E-state index in [2.05, 4.69) is 102 Å². The van der Waals surface area contributed by atoms with Gasteiger partial charge in [-0.2, -0.15) is 35.2 Å². The molecule has 0 aliphatic carbocycles. The van der Waals surface area contributed by atoms with Crippen molar-refractivity contribution in [1.82, 2.24) is 74.0 Å². The van der Waals surface area contributed by atoms with Crippen LogP contribution in [0.3, 0.4) is 0 Å². The first-order valence-corrected chi connectivity index (χ1v) is 41.2. The Bertz CT molecular complexity index is 5060. The lowest BCUT2D eigenvalue weighted by Gasteiger charge is -2.41. The Hall–Kier alpha value is -11.7. The molecule has 0 saturated carbocycles. The van der Waals surface area contributed by atoms with E-state index in [0.717, 1.165) is 126 Å². The molecule has 6 saturated heterocycles. The minimum absolute atomic E-state index is 0.0200. The van der Waals surface area contributed by atoms with Gasteiger partial charge in [-0.25, -0.2) is 21.9 Å². The molecule has 6 fully saturated rings. The third-order valence-corrected chi connectivity index (χ3v) is 24.6. The van der Waals surface area contributed by atoms with Crippen molar-refractivity contribution in [3.05, 3.63) is 196 Å². The van der Waals surface area contributed by atoms with E-state index in [0.29, 0.717) is 173 Å². The van der Waals surface area contributed by atoms with Crippen LogP contribution in [-0.2, 0) is 73.3 Å². The van der Waals surface area contributed by atoms with Gasteiger partial charge in [0, 0.05) is 169 Å². The molecule has 3 amide bonds. The number of nitrogens with zero attached hydrogens (tertiary/aromatic N) is 21. The van der Waals surface area contributed by atoms with Crippen molar-refractivity contribution in [2.45, 2.75) is 140 Å². The molecule has 0 unspecified atom stereocenters. The number of carbonyl (C=O) groups is 3. The summed E-state index contributed by atoms with van der Waals surface area (Å²) in [5, 5.41) is 42.0. The normalized spacial score (nSPS) is 21.4. The van der Waals surface area contributed by atoms with Crippen LogP contribution in [0.25, 0.3) is 20.5 Å². The molecule has 0 bridgehead atoms. The molecule has 16 rings (SSSR count). The second-order valence-electron chi connectivity index (χ2n) is 32.3. The van der Waals surface area contributed by atoms with E-state index in [4.69, 9.17) is 57.3 Å². The number of nitriles is 1. The number of aromatic hydroxyl groups is 3. The van der Waals surface area contributed by atoms with Gasteiger partial charge < -0.3 is 83.3 Å². The van der Waals surface area contributed by atoms with Crippen LogP contribution < -0.4 is 28.9 Å². The third kappa shape index (κ3) is 19.4. The number of ether oxygens (including phenoxy) is 3. The first-order valence-electron chi connectivity index (χ1n) is 41.2. The number of likely N-dealkylation sites (N-methyl/N-ethyl adjacent to an activating group) is 3. The lowest BCUT2D eigenvalue weighted by atomic mass is 10.0. The number of hydrogen-bond donors (Lipinski definition) is 3. The number of phenols is 3. The van der Waals surface area contributed by atoms with Gasteiger partial charge >= 0.3 is 18.0 Å². The Kier molecular flexibility index (Phi) is 27.2. The minimum atomic E-state index is -0.452. The average Bonchev–Trinajstić information content (AvgIpc) is 1.62. The van der Waals surface area contributed by atoms with Crippen molar-refractivity contribution >= 4 is 45.9 Å². The Morgan fingerprint density at radius 3 is 1.32 bits per heavy atom. The largest absolute Gasteiger partial charge is 0.508 e. The summed E-state index contributed by atoms with van der Waals surface area (Å²) in [6.45, 7) is 39.6. The molecule has 0 spiro atoms. The summed E-state index contributed by atoms with van der Waals surface area (Å²) in [6, 6.07) is 23.4. The number of halogens is 2. The topological polar surface area (TPSA) is 288 Å². The van der Waals surface area contributed by atoms with E-state index < -0.39 is 5.82 Å². The second-order valence-corrected chi connectivity index (χ2v) is 32.3. The van der Waals surface area contributed by atoms with Crippen LogP contribution >= 0.6 is 0 Å². The van der Waals surface area contributed by atoms with Crippen LogP contribution in [0.2, 0.25) is 0 Å². The maximum Gasteiger partial charge on any atom is 0.318 e. The van der Waals surface area contributed by atoms with Crippen molar-refractivity contribution in [3.63, 3.8) is 0 Å². The smallest absolute Gasteiger partial charge is 0.318 e. The number of fused-ring (bicyclic) bond motifs is 4. The van der Waals surface area contributed by atoms with Crippen LogP contribution in [0.15, 0.2) is 111 Å². The fourth-order valence-electron chi connectivity index (χ4n) is 18.0. The standard InChI is InChI=1S/C32H37N7O3.2C28H34FN7O3/c1-4-29(41)39-15-14-38(18-25(39)16-33-2)31-26-19-37(17-23-10-5-8-22-9-6-12-28(40)30(22)23)20-27(26)34-32(35-31)42-21-24-11-7-13-36(24)3;1-4-26(38)36-12-11-35(14-20(36)13-30-2)27-22-16-34(15-21-23(29)8-5-9-25(21)37)17-24(22)31-28(32-27)39-18-19-7-6-10-33(19)3;1-3-26(38)36-12-11-35(15-20(36)8-9-30)27-23-16-34(14-19-13-22(37)6-7-24(19)29)17-25(23)31-28(32-27)39-18-21-5-4-10-33(21)2/h4-6,8-10,12,24-25,40H,1,7,11,13-21H2,3H3;4-5,8-9,19-20,37H,1,6-7,10-18H2,3H3;3,6-7,13,20-21,37H,1,4-5,8,10-12,14-18H2,2H3/t24-,25-;19-,20-;20-,21-/m000/s1. The van der Waals surface area contributed by atoms with Gasteiger partial charge in [-0.1, -0.05) is 56.1 Å². The summed E-state index contributed by atoms with van der Waals surface area (Å²) in [4.78, 5) is 98.3. The average molecular weight is 1640 g/mol. The van der Waals surface area contributed by atoms with Gasteiger partial charge in [-0.05, 0) is 145 Å². The molecule has 4 aromatic carbocycles. The maximum absolute atomic E-state index is 14.5. The van der Waals surface area contributed by atoms with Gasteiger partial charge in [0.2, 0.25) is 30.8 Å². The lowest BCUT2D eigenvalue weighted by molar-refractivity contribution is -0.129. The van der Waals surface area contributed by atoms with Crippen molar-refractivity contribution in [2.75, 3.05) is 147 Å². The molecule has 32 heteroatoms. The third-order valence-electron chi connectivity index (χ3n) is 24.6. The molecular weight excluding hydrogens is 1530 g/mol. The molecule has 9 aliphatic heterocycles. The molecule has 7 aromatic rings. The van der Waals surface area contributed by atoms with Crippen LogP contribution in [-0.4, -0.2) is 276 Å². The predicted molar refractivity (Wildman–Crippen MR) is 447 cm³/mol. The van der Waals surface area contributed by atoms with E-state index >= 15 is 0 Å². The van der Waals surface area contributed by atoms with Gasteiger partial charge in [0.05, 0.1) is 35.6 Å². The highest BCUT2D eigenvalue weighted by Gasteiger charge is 2.41. The van der Waals surface area contributed by atoms with Gasteiger partial charge in [0.25, 0.3) is 0 Å². The highest BCUT2D eigenvalue weighted by molar-refractivity contribution is 5.91. The molecule has 0 radical (unpaired) electrons. The summed E-state index contributed by atoms with van der Waals surface area (Å²) in [6.07, 6.45) is 10.7. The lowest BCUT2D eigenvalue weighted by Crippen LogP contribution is -2.56. The zero-order valence-corrected chi connectivity index (χ0v) is 68.5. The molecule has 30 nitrogen and oxygen atoms in total. The van der Waals surface area contributed by atoms with Crippen LogP contribution in [0.4, 0.5) is 26.2 Å². The number of aromatic nitrogens is 6. The first kappa shape index (κ1) is 84.7. The highest BCUT2D eigenvalue weighted by Crippen LogP contribution is 2.40. The van der Waals surface area contributed by atoms with E-state index in [1.807, 2.05) is 29.2 Å². The minimum Gasteiger partial charge on any atom is -0.508 e. The number of anilines is 3. The number of carbonyl (C=O) groups excluding carboxylic acids is 3. The second kappa shape index (κ2) is 38.6. The molecular formula is C88H105F2N21O9. The fourth-order valence-corrected chi connectivity index (χ4v) is 18.0. The number of benzene rings is 4. The van der Waals surface area contributed by atoms with E-state index in [-0.39, 0.29) is 90.5 Å². The summed E-state index contributed by atoms with van der Waals surface area (Å²) in [5.74, 6) is 1.14. The Labute approximate surface area is 699 Å².